The number of amides is 1. The molecule has 0 radical (unpaired) electrons. The van der Waals surface area contributed by atoms with Crippen LogP contribution in [0.25, 0.3) is 0 Å². The molecular formula is C20H22N2O5. The maximum Gasteiger partial charge on any atom is 0.340 e. The first-order valence-corrected chi connectivity index (χ1v) is 8.40. The fourth-order valence-corrected chi connectivity index (χ4v) is 2.71. The van der Waals surface area contributed by atoms with E-state index in [0.717, 1.165) is 0 Å². The van der Waals surface area contributed by atoms with E-state index in [9.17, 15) is 24.7 Å². The van der Waals surface area contributed by atoms with Gasteiger partial charge in [-0.15, -0.1) is 0 Å². The molecule has 0 aliphatic carbocycles. The van der Waals surface area contributed by atoms with Crippen LogP contribution in [0, 0.1) is 0 Å². The lowest BCUT2D eigenvalue weighted by Gasteiger charge is -2.35. The first-order valence-electron chi connectivity index (χ1n) is 9.40. The minimum absolute atomic E-state index is 0.117. The van der Waals surface area contributed by atoms with Crippen LogP contribution in [0.15, 0.2) is 60.6 Å². The summed E-state index contributed by atoms with van der Waals surface area (Å²) in [4.78, 5) is 38.4. The predicted molar refractivity (Wildman–Crippen MR) is 98.4 cm³/mol. The van der Waals surface area contributed by atoms with Crippen molar-refractivity contribution in [2.45, 2.75) is 24.8 Å². The van der Waals surface area contributed by atoms with Crippen molar-refractivity contribution < 1.29 is 27.4 Å². The molecule has 0 saturated carbocycles. The highest BCUT2D eigenvalue weighted by atomic mass is 16.5. The number of nitrogens with zero attached hydrogens (tertiary/aromatic N) is 1. The Kier molecular flexibility index (Phi) is 5.84. The number of Topliss-reactive ketones (excluding diaryl/α,β-unsaturated/α-hetero) is 1. The Morgan fingerprint density at radius 2 is 1.59 bits per heavy atom. The van der Waals surface area contributed by atoms with Gasteiger partial charge in [-0.05, 0) is 37.9 Å². The standard InChI is InChI=1S/C20H22N2O5/c21-14-8-7-13-20(19(25)26,17(23)15-9-3-1-4-10-15)22(27)18(24)16-11-5-2-6-12-16/h1-6,9-12,27H,7-8,13-14,21H2,(H,25,26)/t20-/m1/s1/i9D,11D. The Labute approximate surface area is 159 Å². The SMILES string of the molecule is [2H]c1ccccc1C(=O)N(O)[C@@](CCCCN)(C(=O)O)C(=O)c1ccccc1[2H]. The molecule has 0 fully saturated rings. The molecule has 2 aromatic carbocycles. The molecule has 2 aromatic rings. The molecule has 142 valence electrons. The number of rotatable bonds is 9. The van der Waals surface area contributed by atoms with E-state index in [0.29, 0.717) is 6.42 Å². The molecule has 4 N–H and O–H groups in total. The molecule has 0 aliphatic heterocycles. The van der Waals surface area contributed by atoms with Crippen molar-refractivity contribution in [2.24, 2.45) is 5.73 Å². The van der Waals surface area contributed by atoms with E-state index in [4.69, 9.17) is 8.48 Å². The summed E-state index contributed by atoms with van der Waals surface area (Å²) in [7, 11) is 0. The zero-order valence-electron chi connectivity index (χ0n) is 16.6. The number of carbonyl (C=O) groups excluding carboxylic acids is 2. The van der Waals surface area contributed by atoms with Crippen molar-refractivity contribution in [1.82, 2.24) is 5.06 Å². The lowest BCUT2D eigenvalue weighted by atomic mass is 9.83. The number of ketones is 1. The average Bonchev–Trinajstić information content (AvgIpc) is 2.70. The van der Waals surface area contributed by atoms with Gasteiger partial charge in [-0.25, -0.2) is 4.79 Å². The number of carboxylic acid groups (broad SMARTS) is 1. The first-order chi connectivity index (χ1) is 13.8. The molecule has 27 heavy (non-hydrogen) atoms. The summed E-state index contributed by atoms with van der Waals surface area (Å²) in [6.07, 6.45) is 0.0958. The van der Waals surface area contributed by atoms with Crippen molar-refractivity contribution in [3.63, 3.8) is 0 Å². The van der Waals surface area contributed by atoms with E-state index in [-0.39, 0.29) is 41.2 Å². The topological polar surface area (TPSA) is 121 Å². The largest absolute Gasteiger partial charge is 0.479 e. The van der Waals surface area contributed by atoms with Gasteiger partial charge in [0.25, 0.3) is 5.91 Å². The molecule has 0 aromatic heterocycles. The third-order valence-electron chi connectivity index (χ3n) is 4.17. The Bertz CT molecular complexity index is 921. The average molecular weight is 372 g/mol. The summed E-state index contributed by atoms with van der Waals surface area (Å²) in [5.41, 5.74) is 2.30. The van der Waals surface area contributed by atoms with Crippen LogP contribution in [-0.2, 0) is 4.79 Å². The molecule has 0 unspecified atom stereocenters. The highest BCUT2D eigenvalue weighted by Crippen LogP contribution is 2.28. The number of hydrogen-bond donors (Lipinski definition) is 3. The van der Waals surface area contributed by atoms with Gasteiger partial charge in [-0.3, -0.25) is 14.8 Å². The van der Waals surface area contributed by atoms with Crippen LogP contribution in [0.5, 0.6) is 0 Å². The number of hydroxylamine groups is 2. The first kappa shape index (κ1) is 17.4. The summed E-state index contributed by atoms with van der Waals surface area (Å²) in [5.74, 6) is -4.02. The minimum atomic E-state index is -2.66. The number of carboxylic acids is 1. The van der Waals surface area contributed by atoms with Gasteiger partial charge in [0.2, 0.25) is 11.3 Å². The molecule has 0 heterocycles. The molecule has 7 nitrogen and oxygen atoms in total. The van der Waals surface area contributed by atoms with Crippen LogP contribution < -0.4 is 5.73 Å². The van der Waals surface area contributed by atoms with Crippen molar-refractivity contribution in [3.05, 3.63) is 71.7 Å². The lowest BCUT2D eigenvalue weighted by molar-refractivity contribution is -0.170. The van der Waals surface area contributed by atoms with Gasteiger partial charge in [0, 0.05) is 11.1 Å². The van der Waals surface area contributed by atoms with E-state index in [1.165, 1.54) is 48.5 Å². The zero-order chi connectivity index (χ0) is 21.6. The second kappa shape index (κ2) is 9.07. The van der Waals surface area contributed by atoms with Crippen molar-refractivity contribution in [2.75, 3.05) is 6.54 Å². The number of carbonyl (C=O) groups is 3. The fraction of sp³-hybridized carbons (Fsp3) is 0.250. The number of hydrogen-bond acceptors (Lipinski definition) is 5. The van der Waals surface area contributed by atoms with Gasteiger partial charge in [0.15, 0.2) is 0 Å². The maximum absolute atomic E-state index is 13.3. The fourth-order valence-electron chi connectivity index (χ4n) is 2.71. The van der Waals surface area contributed by atoms with Gasteiger partial charge in [-0.2, -0.15) is 5.06 Å². The van der Waals surface area contributed by atoms with Gasteiger partial charge in [0.1, 0.15) is 0 Å². The highest BCUT2D eigenvalue weighted by Gasteiger charge is 2.53. The van der Waals surface area contributed by atoms with Crippen molar-refractivity contribution in [1.29, 1.82) is 0 Å². The van der Waals surface area contributed by atoms with Crippen LogP contribution in [0.2, 0.25) is 0 Å². The van der Waals surface area contributed by atoms with E-state index in [1.54, 1.807) is 0 Å². The van der Waals surface area contributed by atoms with Crippen LogP contribution in [-0.4, -0.2) is 45.1 Å². The van der Waals surface area contributed by atoms with E-state index < -0.39 is 29.6 Å². The Morgan fingerprint density at radius 1 is 1.00 bits per heavy atom. The molecule has 7 heteroatoms. The quantitative estimate of drug-likeness (QED) is 0.204. The molecule has 0 saturated heterocycles. The number of aliphatic carboxylic acids is 1. The smallest absolute Gasteiger partial charge is 0.340 e. The Morgan fingerprint density at radius 3 is 2.11 bits per heavy atom. The zero-order valence-corrected chi connectivity index (χ0v) is 14.6. The van der Waals surface area contributed by atoms with Crippen LogP contribution in [0.1, 0.15) is 42.7 Å². The van der Waals surface area contributed by atoms with Crippen molar-refractivity contribution in [3.8, 4) is 0 Å². The molecule has 2 rings (SSSR count). The maximum atomic E-state index is 13.3. The minimum Gasteiger partial charge on any atom is -0.479 e. The summed E-state index contributed by atoms with van der Waals surface area (Å²) >= 11 is 0. The van der Waals surface area contributed by atoms with Gasteiger partial charge < -0.3 is 10.8 Å². The summed E-state index contributed by atoms with van der Waals surface area (Å²) in [6, 6.07) is 10.6. The van der Waals surface area contributed by atoms with Crippen LogP contribution in [0.4, 0.5) is 0 Å². The lowest BCUT2D eigenvalue weighted by Crippen LogP contribution is -2.61. The predicted octanol–water partition coefficient (Wildman–Crippen LogP) is 2.35. The summed E-state index contributed by atoms with van der Waals surface area (Å²) in [5, 5.41) is 20.6. The number of nitrogens with two attached hydrogens (primary N) is 1. The highest BCUT2D eigenvalue weighted by molar-refractivity contribution is 6.18. The molecular weight excluding hydrogens is 348 g/mol. The van der Waals surface area contributed by atoms with Gasteiger partial charge in [0.05, 0.1) is 2.74 Å². The van der Waals surface area contributed by atoms with E-state index in [2.05, 4.69) is 0 Å². The van der Waals surface area contributed by atoms with Crippen LogP contribution in [0.3, 0.4) is 0 Å². The summed E-state index contributed by atoms with van der Waals surface area (Å²) in [6.45, 7) is 0.230. The van der Waals surface area contributed by atoms with Crippen LogP contribution >= 0.6 is 0 Å². The molecule has 0 bridgehead atoms. The normalized spacial score (nSPS) is 13.9. The molecule has 1 atom stereocenters. The summed E-state index contributed by atoms with van der Waals surface area (Å²) < 4.78 is 15.8. The molecule has 1 amide bonds. The van der Waals surface area contributed by atoms with E-state index >= 15 is 0 Å². The Balaban J connectivity index is 2.60. The third-order valence-corrected chi connectivity index (χ3v) is 4.17. The van der Waals surface area contributed by atoms with Gasteiger partial charge in [-0.1, -0.05) is 48.5 Å². The van der Waals surface area contributed by atoms with E-state index in [1.807, 2.05) is 0 Å². The second-order valence-electron chi connectivity index (χ2n) is 5.91. The molecule has 0 aliphatic rings. The molecule has 0 spiro atoms. The third kappa shape index (κ3) is 4.21. The van der Waals surface area contributed by atoms with Crippen molar-refractivity contribution >= 4 is 17.7 Å². The Hall–Kier alpha value is -3.03. The number of benzene rings is 2. The monoisotopic (exact) mass is 372 g/mol. The van der Waals surface area contributed by atoms with Gasteiger partial charge >= 0.3 is 5.97 Å². The second-order valence-corrected chi connectivity index (χ2v) is 5.91. The number of unbranched alkanes of at least 4 members (excludes halogenated alkanes) is 1.